The maximum absolute atomic E-state index is 12.9. The topological polar surface area (TPSA) is 95.9 Å². The third-order valence-corrected chi connectivity index (χ3v) is 9.46. The molecule has 2 aromatic rings. The number of rotatable bonds is 21. The van der Waals surface area contributed by atoms with Gasteiger partial charge in [0, 0.05) is 32.2 Å². The Morgan fingerprint density at radius 1 is 0.755 bits per heavy atom. The van der Waals surface area contributed by atoms with Crippen molar-refractivity contribution in [2.75, 3.05) is 72.5 Å². The first kappa shape index (κ1) is 39.0. The van der Waals surface area contributed by atoms with Gasteiger partial charge >= 0.3 is 5.97 Å². The van der Waals surface area contributed by atoms with Crippen LogP contribution in [0.2, 0.25) is 0 Å². The molecule has 0 amide bonds. The molecule has 0 radical (unpaired) electrons. The van der Waals surface area contributed by atoms with Crippen LogP contribution in [0.15, 0.2) is 48.2 Å². The molecule has 4 rings (SSSR count). The van der Waals surface area contributed by atoms with Crippen LogP contribution in [0.5, 0.6) is 0 Å². The fourth-order valence-corrected chi connectivity index (χ4v) is 7.04. The van der Waals surface area contributed by atoms with Gasteiger partial charge < -0.3 is 38.4 Å². The monoisotopic (exact) mass is 681 g/mol. The first-order valence-electron chi connectivity index (χ1n) is 18.3. The van der Waals surface area contributed by atoms with E-state index in [1.165, 1.54) is 0 Å². The van der Waals surface area contributed by atoms with Crippen LogP contribution in [0.25, 0.3) is 5.57 Å². The molecule has 0 unspecified atom stereocenters. The van der Waals surface area contributed by atoms with Crippen LogP contribution in [-0.4, -0.2) is 101 Å². The number of piperidine rings is 1. The van der Waals surface area contributed by atoms with E-state index in [1.807, 2.05) is 58.0 Å². The minimum absolute atomic E-state index is 0.0287. The van der Waals surface area contributed by atoms with Crippen molar-refractivity contribution in [2.24, 2.45) is 5.92 Å². The van der Waals surface area contributed by atoms with Gasteiger partial charge in [-0.25, -0.2) is 4.79 Å². The van der Waals surface area contributed by atoms with Crippen molar-refractivity contribution in [3.05, 3.63) is 76.0 Å². The molecule has 2 fully saturated rings. The highest BCUT2D eigenvalue weighted by molar-refractivity contribution is 6.17. The lowest BCUT2D eigenvalue weighted by molar-refractivity contribution is -0.130. The number of carboxylic acid groups (broad SMARTS) is 1. The van der Waals surface area contributed by atoms with Gasteiger partial charge in [-0.15, -0.1) is 0 Å². The van der Waals surface area contributed by atoms with Crippen LogP contribution >= 0.6 is 0 Å². The molecule has 2 aliphatic rings. The van der Waals surface area contributed by atoms with Crippen molar-refractivity contribution in [1.29, 1.82) is 0 Å². The Morgan fingerprint density at radius 3 is 1.88 bits per heavy atom. The van der Waals surface area contributed by atoms with Gasteiger partial charge in [-0.05, 0) is 88.5 Å². The maximum Gasteiger partial charge on any atom is 0.339 e. The third kappa shape index (κ3) is 13.1. The van der Waals surface area contributed by atoms with Gasteiger partial charge in [-0.1, -0.05) is 48.0 Å². The van der Waals surface area contributed by atoms with Crippen molar-refractivity contribution >= 4 is 11.5 Å². The Bertz CT molecular complexity index is 1260. The first-order chi connectivity index (χ1) is 23.9. The Morgan fingerprint density at radius 2 is 1.31 bits per heavy atom. The summed E-state index contributed by atoms with van der Waals surface area (Å²) in [6, 6.07) is 14.1. The predicted octanol–water partition coefficient (Wildman–Crippen LogP) is 6.75. The molecule has 0 bridgehead atoms. The fraction of sp³-hybridized carbons (Fsp3) is 0.625. The van der Waals surface area contributed by atoms with Crippen LogP contribution in [0.3, 0.4) is 0 Å². The van der Waals surface area contributed by atoms with E-state index in [-0.39, 0.29) is 18.1 Å². The maximum atomic E-state index is 12.9. The van der Waals surface area contributed by atoms with E-state index in [9.17, 15) is 9.90 Å². The molecule has 9 nitrogen and oxygen atoms in total. The van der Waals surface area contributed by atoms with E-state index in [2.05, 4.69) is 17.0 Å². The van der Waals surface area contributed by atoms with Crippen LogP contribution < -0.4 is 0 Å². The molecular weight excluding hydrogens is 622 g/mol. The lowest BCUT2D eigenvalue weighted by Crippen LogP contribution is -2.40. The number of carboxylic acids is 1. The minimum Gasteiger partial charge on any atom is -0.492 e. The second-order valence-corrected chi connectivity index (χ2v) is 13.3. The second-order valence-electron chi connectivity index (χ2n) is 13.3. The standard InChI is InChI=1S/C40H59NO8/c1-5-44-21-22-46-25-26-47-24-23-45-20-19-41-17-15-36(16-18-41)49-35-13-11-34(12-14-35)39(48-29-33-9-7-6-8-10-33)38(40(42)43)37-31(3)27-30(2)28-32(37)4/h6-10,27-28,34-36H,5,11-26,29H2,1-4H3,(H,42,43)/b39-38+. The summed E-state index contributed by atoms with van der Waals surface area (Å²) < 4.78 is 35.2. The van der Waals surface area contributed by atoms with Gasteiger partial charge in [-0.2, -0.15) is 0 Å². The van der Waals surface area contributed by atoms with Gasteiger partial charge in [0.1, 0.15) is 17.9 Å². The highest BCUT2D eigenvalue weighted by atomic mass is 16.6. The molecule has 1 saturated carbocycles. The van der Waals surface area contributed by atoms with Crippen molar-refractivity contribution in [3.8, 4) is 0 Å². The van der Waals surface area contributed by atoms with Crippen molar-refractivity contribution in [3.63, 3.8) is 0 Å². The van der Waals surface area contributed by atoms with E-state index in [1.54, 1.807) is 0 Å². The number of aryl methyl sites for hydroxylation is 3. The average molecular weight is 682 g/mol. The number of hydrogen-bond acceptors (Lipinski definition) is 8. The van der Waals surface area contributed by atoms with Crippen LogP contribution in [0.1, 0.15) is 73.3 Å². The summed E-state index contributed by atoms with van der Waals surface area (Å²) in [5.74, 6) is -0.299. The molecule has 1 heterocycles. The quantitative estimate of drug-likeness (QED) is 0.0872. The van der Waals surface area contributed by atoms with Crippen molar-refractivity contribution in [1.82, 2.24) is 4.90 Å². The summed E-state index contributed by atoms with van der Waals surface area (Å²) in [4.78, 5) is 15.4. The van der Waals surface area contributed by atoms with Crippen LogP contribution in [0.4, 0.5) is 0 Å². The summed E-state index contributed by atoms with van der Waals surface area (Å²) in [6.07, 6.45) is 5.98. The molecule has 1 aliphatic carbocycles. The number of carbonyl (C=O) groups is 1. The average Bonchev–Trinajstić information content (AvgIpc) is 3.09. The molecule has 1 N–H and O–H groups in total. The number of benzene rings is 2. The number of nitrogens with zero attached hydrogens (tertiary/aromatic N) is 1. The lowest BCUT2D eigenvalue weighted by atomic mass is 9.82. The minimum atomic E-state index is -0.933. The normalized spacial score (nSPS) is 19.5. The van der Waals surface area contributed by atoms with Gasteiger partial charge in [0.25, 0.3) is 0 Å². The molecule has 1 saturated heterocycles. The molecule has 49 heavy (non-hydrogen) atoms. The number of aliphatic carboxylic acids is 1. The highest BCUT2D eigenvalue weighted by Gasteiger charge is 2.33. The Balaban J connectivity index is 1.21. The molecular formula is C40H59NO8. The summed E-state index contributed by atoms with van der Waals surface area (Å²) >= 11 is 0. The fourth-order valence-electron chi connectivity index (χ4n) is 7.04. The molecule has 0 aromatic heterocycles. The lowest BCUT2D eigenvalue weighted by Gasteiger charge is -2.36. The Labute approximate surface area is 293 Å². The second kappa shape index (κ2) is 21.4. The van der Waals surface area contributed by atoms with Crippen LogP contribution in [0, 0.1) is 26.7 Å². The highest BCUT2D eigenvalue weighted by Crippen LogP contribution is 2.39. The summed E-state index contributed by atoms with van der Waals surface area (Å²) in [6.45, 7) is 16.2. The SMILES string of the molecule is CCOCCOCCOCCOCCN1CCC(OC2CCC(/C(OCc3ccccc3)=C(\C(=O)O)c3c(C)cc(C)cc3C)CC2)CC1. The van der Waals surface area contributed by atoms with Gasteiger partial charge in [0.15, 0.2) is 0 Å². The molecule has 0 atom stereocenters. The van der Waals surface area contributed by atoms with Gasteiger partial charge in [0.2, 0.25) is 0 Å². The molecule has 9 heteroatoms. The summed E-state index contributed by atoms with van der Waals surface area (Å²) in [5, 5.41) is 10.6. The molecule has 0 spiro atoms. The third-order valence-electron chi connectivity index (χ3n) is 9.46. The zero-order valence-corrected chi connectivity index (χ0v) is 30.3. The Hall–Kier alpha value is -2.79. The van der Waals surface area contributed by atoms with Crippen molar-refractivity contribution < 1.29 is 38.3 Å². The number of ether oxygens (including phenoxy) is 6. The van der Waals surface area contributed by atoms with Crippen LogP contribution in [-0.2, 0) is 39.8 Å². The largest absolute Gasteiger partial charge is 0.492 e. The number of allylic oxidation sites excluding steroid dienone is 1. The predicted molar refractivity (Wildman–Crippen MR) is 192 cm³/mol. The molecule has 2 aromatic carbocycles. The molecule has 1 aliphatic heterocycles. The Kier molecular flexibility index (Phi) is 17.1. The number of hydrogen-bond donors (Lipinski definition) is 1. The van der Waals surface area contributed by atoms with E-state index in [0.29, 0.717) is 70.8 Å². The smallest absolute Gasteiger partial charge is 0.339 e. The molecule has 272 valence electrons. The first-order valence-corrected chi connectivity index (χ1v) is 18.3. The zero-order chi connectivity index (χ0) is 34.8. The van der Waals surface area contributed by atoms with E-state index < -0.39 is 5.97 Å². The van der Waals surface area contributed by atoms with Crippen molar-refractivity contribution in [2.45, 2.75) is 85.0 Å². The summed E-state index contributed by atoms with van der Waals surface area (Å²) in [7, 11) is 0. The summed E-state index contributed by atoms with van der Waals surface area (Å²) in [5.41, 5.74) is 5.16. The van der Waals surface area contributed by atoms with E-state index in [0.717, 1.165) is 86.0 Å². The zero-order valence-electron chi connectivity index (χ0n) is 30.3. The van der Waals surface area contributed by atoms with E-state index >= 15 is 0 Å². The number of likely N-dealkylation sites (tertiary alicyclic amines) is 1. The van der Waals surface area contributed by atoms with Gasteiger partial charge in [-0.3, -0.25) is 0 Å². The van der Waals surface area contributed by atoms with E-state index in [4.69, 9.17) is 28.4 Å². The van der Waals surface area contributed by atoms with Gasteiger partial charge in [0.05, 0.1) is 58.5 Å².